The normalized spacial score (nSPS) is 16.7. The van der Waals surface area contributed by atoms with Crippen LogP contribution in [-0.2, 0) is 19.1 Å². The molecule has 1 aliphatic heterocycles. The van der Waals surface area contributed by atoms with Crippen molar-refractivity contribution in [2.45, 2.75) is 12.5 Å². The van der Waals surface area contributed by atoms with Crippen molar-refractivity contribution in [2.75, 3.05) is 31.8 Å². The number of ether oxygens (including phenoxy) is 1. The maximum atomic E-state index is 11.5. The molecule has 18 heavy (non-hydrogen) atoms. The maximum Gasteiger partial charge on any atom is 0.306 e. The number of hydrogen-bond acceptors (Lipinski definition) is 5. The Hall–Kier alpha value is -1.28. The fourth-order valence-corrected chi connectivity index (χ4v) is 2.33. The first-order valence-electron chi connectivity index (χ1n) is 5.39. The first-order chi connectivity index (χ1) is 8.52. The molecule has 0 bridgehead atoms. The second-order valence-corrected chi connectivity index (χ2v) is 4.78. The highest BCUT2D eigenvalue weighted by Crippen LogP contribution is 2.13. The molecule has 7 nitrogen and oxygen atoms in total. The summed E-state index contributed by atoms with van der Waals surface area (Å²) >= 11 is 1.46. The predicted octanol–water partition coefficient (Wildman–Crippen LogP) is -0.875. The number of amides is 2. The van der Waals surface area contributed by atoms with Crippen LogP contribution in [0.15, 0.2) is 0 Å². The third-order valence-electron chi connectivity index (χ3n) is 2.42. The van der Waals surface area contributed by atoms with Gasteiger partial charge in [-0.3, -0.25) is 14.4 Å². The SMILES string of the molecule is COC(CNC(=O)CN1CSCC1=O)CC(=O)O. The molecule has 0 saturated carbocycles. The van der Waals surface area contributed by atoms with E-state index in [2.05, 4.69) is 5.32 Å². The van der Waals surface area contributed by atoms with Crippen molar-refractivity contribution in [3.63, 3.8) is 0 Å². The lowest BCUT2D eigenvalue weighted by Crippen LogP contribution is -2.41. The predicted molar refractivity (Wildman–Crippen MR) is 65.1 cm³/mol. The zero-order chi connectivity index (χ0) is 13.5. The molecule has 2 N–H and O–H groups in total. The number of carbonyl (C=O) groups is 3. The van der Waals surface area contributed by atoms with Gasteiger partial charge in [0.1, 0.15) is 6.54 Å². The Balaban J connectivity index is 2.27. The van der Waals surface area contributed by atoms with Crippen LogP contribution in [0.3, 0.4) is 0 Å². The Morgan fingerprint density at radius 2 is 2.33 bits per heavy atom. The largest absolute Gasteiger partial charge is 0.481 e. The fourth-order valence-electron chi connectivity index (χ4n) is 1.43. The van der Waals surface area contributed by atoms with Gasteiger partial charge in [-0.25, -0.2) is 0 Å². The lowest BCUT2D eigenvalue weighted by molar-refractivity contribution is -0.140. The van der Waals surface area contributed by atoms with Crippen molar-refractivity contribution in [3.8, 4) is 0 Å². The Kier molecular flexibility index (Phi) is 5.93. The number of rotatable bonds is 7. The number of hydrogen-bond donors (Lipinski definition) is 2. The lowest BCUT2D eigenvalue weighted by atomic mass is 10.2. The van der Waals surface area contributed by atoms with E-state index in [0.29, 0.717) is 11.6 Å². The number of carbonyl (C=O) groups excluding carboxylic acids is 2. The molecule has 1 rings (SSSR count). The number of aliphatic carboxylic acids is 1. The molecule has 1 atom stereocenters. The Bertz CT molecular complexity index is 336. The van der Waals surface area contributed by atoms with Crippen LogP contribution >= 0.6 is 11.8 Å². The van der Waals surface area contributed by atoms with Crippen molar-refractivity contribution in [3.05, 3.63) is 0 Å². The molecule has 1 aliphatic rings. The third-order valence-corrected chi connectivity index (χ3v) is 3.37. The van der Waals surface area contributed by atoms with Crippen LogP contribution in [0.2, 0.25) is 0 Å². The van der Waals surface area contributed by atoms with Gasteiger partial charge in [0.05, 0.1) is 24.2 Å². The maximum absolute atomic E-state index is 11.5. The van der Waals surface area contributed by atoms with Crippen LogP contribution in [-0.4, -0.2) is 65.7 Å². The molecule has 0 spiro atoms. The molecule has 0 aromatic rings. The first kappa shape index (κ1) is 14.8. The standard InChI is InChI=1S/C10H16N2O5S/c1-17-7(2-10(15)16)3-11-8(13)4-12-6-18-5-9(12)14/h7H,2-6H2,1H3,(H,11,13)(H,15,16). The molecule has 102 valence electrons. The van der Waals surface area contributed by atoms with Crippen LogP contribution in [0.25, 0.3) is 0 Å². The van der Waals surface area contributed by atoms with Gasteiger partial charge in [-0.05, 0) is 0 Å². The molecule has 0 radical (unpaired) electrons. The van der Waals surface area contributed by atoms with Gasteiger partial charge >= 0.3 is 5.97 Å². The Morgan fingerprint density at radius 1 is 1.61 bits per heavy atom. The van der Waals surface area contributed by atoms with Gasteiger partial charge in [-0.2, -0.15) is 0 Å². The van der Waals surface area contributed by atoms with Crippen molar-refractivity contribution in [1.82, 2.24) is 10.2 Å². The summed E-state index contributed by atoms with van der Waals surface area (Å²) < 4.78 is 4.92. The van der Waals surface area contributed by atoms with Crippen molar-refractivity contribution < 1.29 is 24.2 Å². The van der Waals surface area contributed by atoms with Crippen molar-refractivity contribution in [1.29, 1.82) is 0 Å². The minimum absolute atomic E-state index is 0.00926. The summed E-state index contributed by atoms with van der Waals surface area (Å²) in [7, 11) is 1.39. The molecular weight excluding hydrogens is 260 g/mol. The molecule has 2 amide bonds. The number of carboxylic acid groups (broad SMARTS) is 1. The van der Waals surface area contributed by atoms with E-state index in [9.17, 15) is 14.4 Å². The highest BCUT2D eigenvalue weighted by atomic mass is 32.2. The molecule has 1 fully saturated rings. The molecule has 8 heteroatoms. The third kappa shape index (κ3) is 4.92. The summed E-state index contributed by atoms with van der Waals surface area (Å²) in [5, 5.41) is 11.2. The first-order valence-corrected chi connectivity index (χ1v) is 6.55. The molecule has 1 unspecified atom stereocenters. The molecule has 0 aromatic heterocycles. The Labute approximate surface area is 109 Å². The summed E-state index contributed by atoms with van der Waals surface area (Å²) in [5.74, 6) is -0.410. The second-order valence-electron chi connectivity index (χ2n) is 3.83. The van der Waals surface area contributed by atoms with Gasteiger partial charge in [-0.1, -0.05) is 0 Å². The number of nitrogens with zero attached hydrogens (tertiary/aromatic N) is 1. The quantitative estimate of drug-likeness (QED) is 0.627. The van der Waals surface area contributed by atoms with E-state index in [0.717, 1.165) is 0 Å². The van der Waals surface area contributed by atoms with E-state index < -0.39 is 12.1 Å². The summed E-state index contributed by atoms with van der Waals surface area (Å²) in [6, 6.07) is 0. The zero-order valence-corrected chi connectivity index (χ0v) is 10.9. The van der Waals surface area contributed by atoms with E-state index >= 15 is 0 Å². The minimum atomic E-state index is -0.984. The fraction of sp³-hybridized carbons (Fsp3) is 0.700. The van der Waals surface area contributed by atoms with E-state index in [1.54, 1.807) is 0 Å². The van der Waals surface area contributed by atoms with Crippen LogP contribution in [0.4, 0.5) is 0 Å². The van der Waals surface area contributed by atoms with Gasteiger partial charge in [-0.15, -0.1) is 11.8 Å². The van der Waals surface area contributed by atoms with Gasteiger partial charge in [0.15, 0.2) is 0 Å². The highest BCUT2D eigenvalue weighted by Gasteiger charge is 2.23. The van der Waals surface area contributed by atoms with E-state index in [4.69, 9.17) is 9.84 Å². The van der Waals surface area contributed by atoms with Crippen LogP contribution < -0.4 is 5.32 Å². The molecule has 0 aromatic carbocycles. The van der Waals surface area contributed by atoms with Crippen molar-refractivity contribution >= 4 is 29.5 Å². The van der Waals surface area contributed by atoms with E-state index in [1.807, 2.05) is 0 Å². The average Bonchev–Trinajstić information content (AvgIpc) is 2.70. The second kappa shape index (κ2) is 7.22. The zero-order valence-electron chi connectivity index (χ0n) is 10.0. The van der Waals surface area contributed by atoms with Crippen LogP contribution in [0, 0.1) is 0 Å². The number of nitrogens with one attached hydrogen (secondary N) is 1. The van der Waals surface area contributed by atoms with Gasteiger partial charge < -0.3 is 20.1 Å². The Morgan fingerprint density at radius 3 is 2.83 bits per heavy atom. The van der Waals surface area contributed by atoms with Gasteiger partial charge in [0, 0.05) is 13.7 Å². The molecule has 1 heterocycles. The lowest BCUT2D eigenvalue weighted by Gasteiger charge is -2.17. The summed E-state index contributed by atoms with van der Waals surface area (Å²) in [6.45, 7) is 0.131. The van der Waals surface area contributed by atoms with Gasteiger partial charge in [0.25, 0.3) is 0 Å². The summed E-state index contributed by atoms with van der Waals surface area (Å²) in [4.78, 5) is 34.7. The number of carboxylic acids is 1. The summed E-state index contributed by atoms with van der Waals surface area (Å²) in [6.07, 6.45) is -0.731. The van der Waals surface area contributed by atoms with Crippen LogP contribution in [0.1, 0.15) is 6.42 Å². The van der Waals surface area contributed by atoms with Crippen molar-refractivity contribution in [2.24, 2.45) is 0 Å². The number of methoxy groups -OCH3 is 1. The highest BCUT2D eigenvalue weighted by molar-refractivity contribution is 8.00. The monoisotopic (exact) mass is 276 g/mol. The van der Waals surface area contributed by atoms with Gasteiger partial charge in [0.2, 0.25) is 11.8 Å². The topological polar surface area (TPSA) is 95.9 Å². The van der Waals surface area contributed by atoms with Crippen LogP contribution in [0.5, 0.6) is 0 Å². The molecular formula is C10H16N2O5S. The average molecular weight is 276 g/mol. The minimum Gasteiger partial charge on any atom is -0.481 e. The molecule has 0 aliphatic carbocycles. The molecule has 1 saturated heterocycles. The smallest absolute Gasteiger partial charge is 0.306 e. The summed E-state index contributed by atoms with van der Waals surface area (Å²) in [5.41, 5.74) is 0. The van der Waals surface area contributed by atoms with E-state index in [1.165, 1.54) is 23.8 Å². The number of thioether (sulfide) groups is 1. The van der Waals surface area contributed by atoms with E-state index in [-0.39, 0.29) is 31.3 Å².